The topological polar surface area (TPSA) is 0 Å². The van der Waals surface area contributed by atoms with Crippen LogP contribution < -0.4 is 0 Å². The van der Waals surface area contributed by atoms with Crippen molar-refractivity contribution >= 4 is 0 Å². The van der Waals surface area contributed by atoms with E-state index in [1.54, 1.807) is 24.3 Å². The highest BCUT2D eigenvalue weighted by Crippen LogP contribution is 2.22. The van der Waals surface area contributed by atoms with Gasteiger partial charge in [0.25, 0.3) is 5.92 Å². The Labute approximate surface area is 71.2 Å². The molecule has 0 fully saturated rings. The molecule has 12 heavy (non-hydrogen) atoms. The van der Waals surface area contributed by atoms with Crippen LogP contribution in [0, 0.1) is 0 Å². The van der Waals surface area contributed by atoms with Crippen LogP contribution in [0.4, 0.5) is 8.78 Å². The number of benzene rings is 1. The van der Waals surface area contributed by atoms with Crippen LogP contribution in [0.2, 0.25) is 0 Å². The fourth-order valence-corrected chi connectivity index (χ4v) is 1.02. The van der Waals surface area contributed by atoms with E-state index in [9.17, 15) is 8.78 Å². The van der Waals surface area contributed by atoms with E-state index >= 15 is 0 Å². The Morgan fingerprint density at radius 3 is 2.25 bits per heavy atom. The number of alkyl halides is 2. The molecule has 0 unspecified atom stereocenters. The molecule has 0 saturated carbocycles. The normalized spacial score (nSPS) is 11.6. The first-order chi connectivity index (χ1) is 5.64. The molecule has 1 rings (SSSR count). The van der Waals surface area contributed by atoms with Crippen molar-refractivity contribution < 1.29 is 8.78 Å². The van der Waals surface area contributed by atoms with Gasteiger partial charge in [-0.25, -0.2) is 8.78 Å². The molecule has 1 aromatic carbocycles. The van der Waals surface area contributed by atoms with Gasteiger partial charge in [-0.15, -0.1) is 0 Å². The van der Waals surface area contributed by atoms with Gasteiger partial charge in [0.1, 0.15) is 0 Å². The first kappa shape index (κ1) is 9.17. The molecule has 0 N–H and O–H groups in total. The van der Waals surface area contributed by atoms with E-state index in [1.165, 1.54) is 6.92 Å². The van der Waals surface area contributed by atoms with E-state index in [4.69, 9.17) is 0 Å². The molecular weight excluding hydrogens is 158 g/mol. The Morgan fingerprint density at radius 1 is 1.17 bits per heavy atom. The van der Waals surface area contributed by atoms with Gasteiger partial charge in [-0.1, -0.05) is 37.3 Å². The van der Waals surface area contributed by atoms with Crippen LogP contribution in [0.25, 0.3) is 0 Å². The minimum Gasteiger partial charge on any atom is -0.207 e. The summed E-state index contributed by atoms with van der Waals surface area (Å²) in [5.41, 5.74) is 0.698. The second-order valence-corrected chi connectivity index (χ2v) is 2.87. The highest BCUT2D eigenvalue weighted by molar-refractivity contribution is 5.16. The van der Waals surface area contributed by atoms with Gasteiger partial charge < -0.3 is 0 Å². The standard InChI is InChI=1S/C10H12F2/c1-2-10(11,12)8-9-6-4-3-5-7-9/h3-7H,2,8H2,1H3. The molecule has 0 aromatic heterocycles. The Morgan fingerprint density at radius 2 is 1.75 bits per heavy atom. The summed E-state index contributed by atoms with van der Waals surface area (Å²) in [7, 11) is 0. The largest absolute Gasteiger partial charge is 0.251 e. The van der Waals surface area contributed by atoms with Crippen molar-refractivity contribution in [3.63, 3.8) is 0 Å². The summed E-state index contributed by atoms with van der Waals surface area (Å²) in [5.74, 6) is -2.55. The fourth-order valence-electron chi connectivity index (χ4n) is 1.02. The van der Waals surface area contributed by atoms with Crippen molar-refractivity contribution in [3.8, 4) is 0 Å². The zero-order valence-electron chi connectivity index (χ0n) is 7.06. The Kier molecular flexibility index (Phi) is 2.79. The monoisotopic (exact) mass is 170 g/mol. The molecular formula is C10H12F2. The zero-order chi connectivity index (χ0) is 9.03. The number of rotatable bonds is 3. The van der Waals surface area contributed by atoms with Gasteiger partial charge in [-0.2, -0.15) is 0 Å². The van der Waals surface area contributed by atoms with Gasteiger partial charge in [0.05, 0.1) is 0 Å². The lowest BCUT2D eigenvalue weighted by Crippen LogP contribution is -2.17. The first-order valence-electron chi connectivity index (χ1n) is 4.06. The van der Waals surface area contributed by atoms with Crippen molar-refractivity contribution in [3.05, 3.63) is 35.9 Å². The SMILES string of the molecule is CCC(F)(F)Cc1ccccc1. The summed E-state index contributed by atoms with van der Waals surface area (Å²) in [6, 6.07) is 8.84. The summed E-state index contributed by atoms with van der Waals surface area (Å²) in [6.45, 7) is 1.50. The lowest BCUT2D eigenvalue weighted by atomic mass is 10.1. The average molecular weight is 170 g/mol. The van der Waals surface area contributed by atoms with Crippen molar-refractivity contribution in [2.45, 2.75) is 25.7 Å². The Bertz CT molecular complexity index is 229. The summed E-state index contributed by atoms with van der Waals surface area (Å²) in [6.07, 6.45) is -0.244. The quantitative estimate of drug-likeness (QED) is 0.653. The lowest BCUT2D eigenvalue weighted by Gasteiger charge is -2.13. The van der Waals surface area contributed by atoms with Crippen LogP contribution in [0.5, 0.6) is 0 Å². The van der Waals surface area contributed by atoms with Gasteiger partial charge in [0, 0.05) is 12.8 Å². The van der Waals surface area contributed by atoms with E-state index in [1.807, 2.05) is 6.07 Å². The average Bonchev–Trinajstić information content (AvgIpc) is 2.06. The molecule has 1 aromatic rings. The van der Waals surface area contributed by atoms with Gasteiger partial charge in [0.15, 0.2) is 0 Å². The molecule has 0 aliphatic rings. The molecule has 0 heterocycles. The summed E-state index contributed by atoms with van der Waals surface area (Å²) in [4.78, 5) is 0. The lowest BCUT2D eigenvalue weighted by molar-refractivity contribution is -0.00219. The maximum Gasteiger partial charge on any atom is 0.251 e. The summed E-state index contributed by atoms with van der Waals surface area (Å²) in [5, 5.41) is 0. The third-order valence-electron chi connectivity index (χ3n) is 1.82. The maximum absolute atomic E-state index is 12.8. The Balaban J connectivity index is 2.64. The van der Waals surface area contributed by atoms with Gasteiger partial charge >= 0.3 is 0 Å². The highest BCUT2D eigenvalue weighted by atomic mass is 19.3. The van der Waals surface area contributed by atoms with Crippen LogP contribution >= 0.6 is 0 Å². The van der Waals surface area contributed by atoms with E-state index in [-0.39, 0.29) is 12.8 Å². The van der Waals surface area contributed by atoms with Crippen LogP contribution in [-0.4, -0.2) is 5.92 Å². The molecule has 0 aliphatic carbocycles. The molecule has 0 aliphatic heterocycles. The summed E-state index contributed by atoms with van der Waals surface area (Å²) >= 11 is 0. The number of halogens is 2. The van der Waals surface area contributed by atoms with Crippen LogP contribution in [-0.2, 0) is 6.42 Å². The molecule has 66 valence electrons. The van der Waals surface area contributed by atoms with E-state index in [2.05, 4.69) is 0 Å². The number of hydrogen-bond donors (Lipinski definition) is 0. The molecule has 0 bridgehead atoms. The van der Waals surface area contributed by atoms with Gasteiger partial charge in [-0.3, -0.25) is 0 Å². The maximum atomic E-state index is 12.8. The molecule has 0 atom stereocenters. The third-order valence-corrected chi connectivity index (χ3v) is 1.82. The van der Waals surface area contributed by atoms with Gasteiger partial charge in [0.2, 0.25) is 0 Å². The van der Waals surface area contributed by atoms with Crippen molar-refractivity contribution in [2.75, 3.05) is 0 Å². The van der Waals surface area contributed by atoms with E-state index < -0.39 is 5.92 Å². The predicted molar refractivity (Wildman–Crippen MR) is 45.4 cm³/mol. The van der Waals surface area contributed by atoms with E-state index in [0.29, 0.717) is 5.56 Å². The Hall–Kier alpha value is -0.920. The van der Waals surface area contributed by atoms with Crippen LogP contribution in [0.3, 0.4) is 0 Å². The highest BCUT2D eigenvalue weighted by Gasteiger charge is 2.25. The second-order valence-electron chi connectivity index (χ2n) is 2.87. The minimum absolute atomic E-state index is 0.0953. The fraction of sp³-hybridized carbons (Fsp3) is 0.400. The molecule has 0 nitrogen and oxygen atoms in total. The van der Waals surface area contributed by atoms with Crippen molar-refractivity contribution in [1.82, 2.24) is 0 Å². The molecule has 2 heteroatoms. The molecule has 0 radical (unpaired) electrons. The molecule has 0 amide bonds. The van der Waals surface area contributed by atoms with Gasteiger partial charge in [-0.05, 0) is 5.56 Å². The van der Waals surface area contributed by atoms with E-state index in [0.717, 1.165) is 0 Å². The van der Waals surface area contributed by atoms with Crippen LogP contribution in [0.1, 0.15) is 18.9 Å². The van der Waals surface area contributed by atoms with Crippen molar-refractivity contribution in [2.24, 2.45) is 0 Å². The molecule has 0 spiro atoms. The zero-order valence-corrected chi connectivity index (χ0v) is 7.06. The first-order valence-corrected chi connectivity index (χ1v) is 4.06. The molecule has 0 saturated heterocycles. The van der Waals surface area contributed by atoms with Crippen LogP contribution in [0.15, 0.2) is 30.3 Å². The number of hydrogen-bond acceptors (Lipinski definition) is 0. The van der Waals surface area contributed by atoms with Crippen molar-refractivity contribution in [1.29, 1.82) is 0 Å². The summed E-state index contributed by atoms with van der Waals surface area (Å²) < 4.78 is 25.7. The predicted octanol–water partition coefficient (Wildman–Crippen LogP) is 3.27. The third kappa shape index (κ3) is 2.61. The minimum atomic E-state index is -2.55. The second kappa shape index (κ2) is 3.65. The smallest absolute Gasteiger partial charge is 0.207 e.